The van der Waals surface area contributed by atoms with Crippen molar-refractivity contribution in [1.82, 2.24) is 0 Å². The first-order chi connectivity index (χ1) is 8.82. The molecule has 102 valence electrons. The SMILES string of the molecule is C=CC1CC(=O)N(c2cc(C(C)(C)C)ccc2O)C1. The Labute approximate surface area is 114 Å². The van der Waals surface area contributed by atoms with Crippen molar-refractivity contribution in [2.24, 2.45) is 5.92 Å². The van der Waals surface area contributed by atoms with E-state index < -0.39 is 0 Å². The van der Waals surface area contributed by atoms with Crippen LogP contribution in [0.1, 0.15) is 32.8 Å². The van der Waals surface area contributed by atoms with Gasteiger partial charge in [-0.2, -0.15) is 0 Å². The van der Waals surface area contributed by atoms with E-state index in [2.05, 4.69) is 27.4 Å². The third-order valence-corrected chi connectivity index (χ3v) is 3.62. The van der Waals surface area contributed by atoms with Gasteiger partial charge in [0, 0.05) is 18.9 Å². The number of hydrogen-bond donors (Lipinski definition) is 1. The zero-order chi connectivity index (χ0) is 14.2. The molecular weight excluding hydrogens is 238 g/mol. The minimum Gasteiger partial charge on any atom is -0.506 e. The molecule has 0 saturated carbocycles. The fourth-order valence-electron chi connectivity index (χ4n) is 2.33. The fourth-order valence-corrected chi connectivity index (χ4v) is 2.33. The second-order valence-corrected chi connectivity index (χ2v) is 6.16. The predicted octanol–water partition coefficient (Wildman–Crippen LogP) is 3.23. The van der Waals surface area contributed by atoms with Crippen molar-refractivity contribution in [3.8, 4) is 5.75 Å². The van der Waals surface area contributed by atoms with E-state index in [0.717, 1.165) is 5.56 Å². The van der Waals surface area contributed by atoms with Gasteiger partial charge in [0.15, 0.2) is 0 Å². The van der Waals surface area contributed by atoms with Gasteiger partial charge in [0.05, 0.1) is 5.69 Å². The first-order valence-corrected chi connectivity index (χ1v) is 6.59. The summed E-state index contributed by atoms with van der Waals surface area (Å²) in [6.45, 7) is 10.7. The largest absolute Gasteiger partial charge is 0.506 e. The number of amides is 1. The molecule has 0 spiro atoms. The van der Waals surface area contributed by atoms with Gasteiger partial charge in [-0.3, -0.25) is 4.79 Å². The average Bonchev–Trinajstić information content (AvgIpc) is 2.69. The zero-order valence-electron chi connectivity index (χ0n) is 11.8. The molecule has 19 heavy (non-hydrogen) atoms. The number of nitrogens with zero attached hydrogens (tertiary/aromatic N) is 1. The van der Waals surface area contributed by atoms with Crippen LogP contribution in [0.5, 0.6) is 5.75 Å². The van der Waals surface area contributed by atoms with Crippen molar-refractivity contribution in [3.05, 3.63) is 36.4 Å². The van der Waals surface area contributed by atoms with Crippen molar-refractivity contribution >= 4 is 11.6 Å². The smallest absolute Gasteiger partial charge is 0.227 e. The molecule has 0 bridgehead atoms. The van der Waals surface area contributed by atoms with E-state index in [4.69, 9.17) is 0 Å². The van der Waals surface area contributed by atoms with Gasteiger partial charge in [-0.1, -0.05) is 32.9 Å². The van der Waals surface area contributed by atoms with E-state index >= 15 is 0 Å². The summed E-state index contributed by atoms with van der Waals surface area (Å²) in [5.74, 6) is 0.377. The summed E-state index contributed by atoms with van der Waals surface area (Å²) in [5, 5.41) is 10.0. The highest BCUT2D eigenvalue weighted by Gasteiger charge is 2.30. The molecule has 1 aromatic rings. The summed E-state index contributed by atoms with van der Waals surface area (Å²) in [7, 11) is 0. The van der Waals surface area contributed by atoms with Crippen LogP contribution in [-0.2, 0) is 10.2 Å². The Hall–Kier alpha value is -1.77. The predicted molar refractivity (Wildman–Crippen MR) is 77.5 cm³/mol. The highest BCUT2D eigenvalue weighted by Crippen LogP contribution is 2.36. The van der Waals surface area contributed by atoms with Crippen molar-refractivity contribution in [3.63, 3.8) is 0 Å². The van der Waals surface area contributed by atoms with E-state index in [9.17, 15) is 9.90 Å². The minimum atomic E-state index is -0.0109. The standard InChI is InChI=1S/C16H21NO2/c1-5-11-8-15(19)17(10-11)13-9-12(16(2,3)4)6-7-14(13)18/h5-7,9,11,18H,1,8,10H2,2-4H3. The molecule has 0 aliphatic carbocycles. The summed E-state index contributed by atoms with van der Waals surface area (Å²) >= 11 is 0. The van der Waals surface area contributed by atoms with Crippen molar-refractivity contribution in [1.29, 1.82) is 0 Å². The maximum atomic E-state index is 12.0. The lowest BCUT2D eigenvalue weighted by atomic mass is 9.86. The van der Waals surface area contributed by atoms with Gasteiger partial charge < -0.3 is 10.0 Å². The number of hydrogen-bond acceptors (Lipinski definition) is 2. The Morgan fingerprint density at radius 3 is 2.63 bits per heavy atom. The molecule has 1 fully saturated rings. The quantitative estimate of drug-likeness (QED) is 0.828. The number of benzene rings is 1. The van der Waals surface area contributed by atoms with Crippen LogP contribution in [0.15, 0.2) is 30.9 Å². The third-order valence-electron chi connectivity index (χ3n) is 3.62. The lowest BCUT2D eigenvalue weighted by Crippen LogP contribution is -2.25. The number of rotatable bonds is 2. The molecule has 3 heteroatoms. The monoisotopic (exact) mass is 259 g/mol. The molecule has 1 saturated heterocycles. The number of carbonyl (C=O) groups is 1. The molecule has 1 heterocycles. The average molecular weight is 259 g/mol. The topological polar surface area (TPSA) is 40.5 Å². The van der Waals surface area contributed by atoms with Gasteiger partial charge in [-0.05, 0) is 23.1 Å². The number of carbonyl (C=O) groups excluding carboxylic acids is 1. The normalized spacial score (nSPS) is 19.8. The van der Waals surface area contributed by atoms with Gasteiger partial charge in [0.2, 0.25) is 5.91 Å². The summed E-state index contributed by atoms with van der Waals surface area (Å²) in [5.41, 5.74) is 1.71. The molecular formula is C16H21NO2. The maximum Gasteiger partial charge on any atom is 0.227 e. The number of anilines is 1. The van der Waals surface area contributed by atoms with Gasteiger partial charge in [-0.15, -0.1) is 6.58 Å². The summed E-state index contributed by atoms with van der Waals surface area (Å²) < 4.78 is 0. The lowest BCUT2D eigenvalue weighted by molar-refractivity contribution is -0.117. The Balaban J connectivity index is 2.39. The van der Waals surface area contributed by atoms with Crippen LogP contribution in [0, 0.1) is 5.92 Å². The van der Waals surface area contributed by atoms with Crippen molar-refractivity contribution in [2.75, 3.05) is 11.4 Å². The highest BCUT2D eigenvalue weighted by molar-refractivity contribution is 5.97. The molecule has 1 aromatic carbocycles. The van der Waals surface area contributed by atoms with Crippen LogP contribution in [0.3, 0.4) is 0 Å². The number of aromatic hydroxyl groups is 1. The van der Waals surface area contributed by atoms with E-state index in [1.54, 1.807) is 11.0 Å². The first kappa shape index (κ1) is 13.7. The van der Waals surface area contributed by atoms with Crippen molar-refractivity contribution < 1.29 is 9.90 Å². The lowest BCUT2D eigenvalue weighted by Gasteiger charge is -2.23. The van der Waals surface area contributed by atoms with E-state index in [0.29, 0.717) is 18.7 Å². The Morgan fingerprint density at radius 2 is 2.11 bits per heavy atom. The van der Waals surface area contributed by atoms with Gasteiger partial charge >= 0.3 is 0 Å². The highest BCUT2D eigenvalue weighted by atomic mass is 16.3. The molecule has 1 amide bonds. The van der Waals surface area contributed by atoms with Crippen LogP contribution in [0.4, 0.5) is 5.69 Å². The zero-order valence-corrected chi connectivity index (χ0v) is 11.8. The van der Waals surface area contributed by atoms with Crippen molar-refractivity contribution in [2.45, 2.75) is 32.6 Å². The molecule has 1 unspecified atom stereocenters. The van der Waals surface area contributed by atoms with Gasteiger partial charge in [0.25, 0.3) is 0 Å². The van der Waals surface area contributed by atoms with E-state index in [-0.39, 0.29) is 23.0 Å². The Morgan fingerprint density at radius 1 is 1.42 bits per heavy atom. The third kappa shape index (κ3) is 2.65. The van der Waals surface area contributed by atoms with E-state index in [1.165, 1.54) is 0 Å². The number of phenols is 1. The summed E-state index contributed by atoms with van der Waals surface area (Å²) in [6, 6.07) is 5.49. The Bertz CT molecular complexity index is 514. The second kappa shape index (κ2) is 4.72. The van der Waals surface area contributed by atoms with Crippen LogP contribution >= 0.6 is 0 Å². The first-order valence-electron chi connectivity index (χ1n) is 6.59. The molecule has 3 nitrogen and oxygen atoms in total. The molecule has 1 aliphatic heterocycles. The van der Waals surface area contributed by atoms with Crippen LogP contribution in [0.2, 0.25) is 0 Å². The molecule has 1 N–H and O–H groups in total. The molecule has 0 aromatic heterocycles. The van der Waals surface area contributed by atoms with Crippen LogP contribution in [-0.4, -0.2) is 17.6 Å². The number of phenolic OH excluding ortho intramolecular Hbond substituents is 1. The van der Waals surface area contributed by atoms with Crippen LogP contribution < -0.4 is 4.90 Å². The molecule has 1 aliphatic rings. The molecule has 1 atom stereocenters. The van der Waals surface area contributed by atoms with E-state index in [1.807, 2.05) is 18.2 Å². The second-order valence-electron chi connectivity index (χ2n) is 6.16. The van der Waals surface area contributed by atoms with Gasteiger partial charge in [-0.25, -0.2) is 0 Å². The Kier molecular flexibility index (Phi) is 3.40. The molecule has 2 rings (SSSR count). The minimum absolute atomic E-state index is 0.0109. The maximum absolute atomic E-state index is 12.0. The van der Waals surface area contributed by atoms with Gasteiger partial charge in [0.1, 0.15) is 5.75 Å². The fraction of sp³-hybridized carbons (Fsp3) is 0.438. The summed E-state index contributed by atoms with van der Waals surface area (Å²) in [6.07, 6.45) is 2.28. The molecule has 0 radical (unpaired) electrons. The summed E-state index contributed by atoms with van der Waals surface area (Å²) in [4.78, 5) is 13.7. The van der Waals surface area contributed by atoms with Crippen LogP contribution in [0.25, 0.3) is 0 Å².